The van der Waals surface area contributed by atoms with E-state index in [0.717, 1.165) is 50.9 Å². The summed E-state index contributed by atoms with van der Waals surface area (Å²) in [6.07, 6.45) is 7.23. The van der Waals surface area contributed by atoms with Gasteiger partial charge < -0.3 is 10.0 Å². The van der Waals surface area contributed by atoms with Gasteiger partial charge in [0.2, 0.25) is 5.91 Å². The molecule has 2 fully saturated rings. The third-order valence-corrected chi connectivity index (χ3v) is 6.34. The number of rotatable bonds is 5. The van der Waals surface area contributed by atoms with Gasteiger partial charge in [-0.2, -0.15) is 5.10 Å². The number of carboxylic acid groups (broad SMARTS) is 1. The number of hydrogen-bond donors (Lipinski definition) is 2. The number of aromatic carboxylic acids is 1. The SMILES string of the molecule is O=C(O)c1ccccc1C1CCN(C(=O)C2CCN(Cc3cn[nH]c3)CC2)CC1. The number of aromatic nitrogens is 2. The van der Waals surface area contributed by atoms with Gasteiger partial charge in [-0.1, -0.05) is 18.2 Å². The fourth-order valence-corrected chi connectivity index (χ4v) is 4.68. The molecule has 0 saturated carbocycles. The molecule has 7 nitrogen and oxygen atoms in total. The molecule has 2 N–H and O–H groups in total. The molecule has 154 valence electrons. The van der Waals surface area contributed by atoms with Crippen molar-refractivity contribution in [2.45, 2.75) is 38.1 Å². The number of carbonyl (C=O) groups excluding carboxylic acids is 1. The van der Waals surface area contributed by atoms with Crippen molar-refractivity contribution in [2.75, 3.05) is 26.2 Å². The minimum Gasteiger partial charge on any atom is -0.478 e. The van der Waals surface area contributed by atoms with Crippen LogP contribution in [0.2, 0.25) is 0 Å². The van der Waals surface area contributed by atoms with Crippen molar-refractivity contribution in [2.24, 2.45) is 5.92 Å². The van der Waals surface area contributed by atoms with Gasteiger partial charge in [0.15, 0.2) is 0 Å². The Kier molecular flexibility index (Phi) is 5.94. The Morgan fingerprint density at radius 1 is 1.07 bits per heavy atom. The molecule has 2 saturated heterocycles. The summed E-state index contributed by atoms with van der Waals surface area (Å²) in [7, 11) is 0. The predicted molar refractivity (Wildman–Crippen MR) is 109 cm³/mol. The molecule has 0 aliphatic carbocycles. The number of carbonyl (C=O) groups is 2. The Morgan fingerprint density at radius 2 is 1.79 bits per heavy atom. The molecule has 2 aliphatic heterocycles. The van der Waals surface area contributed by atoms with Gasteiger partial charge in [0.25, 0.3) is 0 Å². The summed E-state index contributed by atoms with van der Waals surface area (Å²) in [6.45, 7) is 4.18. The molecule has 2 aliphatic rings. The molecule has 0 spiro atoms. The van der Waals surface area contributed by atoms with E-state index in [1.54, 1.807) is 12.1 Å². The molecule has 1 amide bonds. The second kappa shape index (κ2) is 8.78. The predicted octanol–water partition coefficient (Wildman–Crippen LogP) is 2.73. The molecule has 7 heteroatoms. The number of nitrogens with one attached hydrogen (secondary N) is 1. The minimum absolute atomic E-state index is 0.110. The molecule has 4 rings (SSSR count). The molecule has 0 unspecified atom stereocenters. The van der Waals surface area contributed by atoms with E-state index in [1.165, 1.54) is 5.56 Å². The summed E-state index contributed by atoms with van der Waals surface area (Å²) in [5.41, 5.74) is 2.47. The minimum atomic E-state index is -0.874. The number of amides is 1. The lowest BCUT2D eigenvalue weighted by atomic mass is 9.85. The first-order chi connectivity index (χ1) is 14.1. The van der Waals surface area contributed by atoms with E-state index >= 15 is 0 Å². The van der Waals surface area contributed by atoms with Gasteiger partial charge in [-0.15, -0.1) is 0 Å². The smallest absolute Gasteiger partial charge is 0.335 e. The van der Waals surface area contributed by atoms with Gasteiger partial charge in [0.1, 0.15) is 0 Å². The number of hydrogen-bond acceptors (Lipinski definition) is 4. The van der Waals surface area contributed by atoms with E-state index < -0.39 is 5.97 Å². The highest BCUT2D eigenvalue weighted by Gasteiger charge is 2.32. The lowest BCUT2D eigenvalue weighted by molar-refractivity contribution is -0.138. The summed E-state index contributed by atoms with van der Waals surface area (Å²) >= 11 is 0. The molecular weight excluding hydrogens is 368 g/mol. The maximum atomic E-state index is 13.0. The van der Waals surface area contributed by atoms with Crippen LogP contribution in [-0.4, -0.2) is 63.2 Å². The van der Waals surface area contributed by atoms with Crippen molar-refractivity contribution < 1.29 is 14.7 Å². The fraction of sp³-hybridized carbons (Fsp3) is 0.500. The van der Waals surface area contributed by atoms with Crippen LogP contribution < -0.4 is 0 Å². The topological polar surface area (TPSA) is 89.5 Å². The van der Waals surface area contributed by atoms with Crippen LogP contribution in [0.15, 0.2) is 36.7 Å². The van der Waals surface area contributed by atoms with Crippen LogP contribution in [-0.2, 0) is 11.3 Å². The highest BCUT2D eigenvalue weighted by molar-refractivity contribution is 5.89. The molecule has 2 aromatic rings. The van der Waals surface area contributed by atoms with Crippen molar-refractivity contribution in [1.82, 2.24) is 20.0 Å². The third-order valence-electron chi connectivity index (χ3n) is 6.34. The van der Waals surface area contributed by atoms with Crippen LogP contribution in [0.4, 0.5) is 0 Å². The molecule has 1 aromatic carbocycles. The Hall–Kier alpha value is -2.67. The first-order valence-corrected chi connectivity index (χ1v) is 10.4. The molecule has 29 heavy (non-hydrogen) atoms. The second-order valence-corrected chi connectivity index (χ2v) is 8.15. The molecule has 0 radical (unpaired) electrons. The van der Waals surface area contributed by atoms with E-state index in [9.17, 15) is 14.7 Å². The zero-order valence-electron chi connectivity index (χ0n) is 16.6. The Balaban J connectivity index is 1.28. The van der Waals surface area contributed by atoms with Gasteiger partial charge in [0.05, 0.1) is 11.8 Å². The summed E-state index contributed by atoms with van der Waals surface area (Å²) in [4.78, 5) is 28.9. The average Bonchev–Trinajstić information content (AvgIpc) is 3.27. The zero-order valence-corrected chi connectivity index (χ0v) is 16.6. The van der Waals surface area contributed by atoms with Crippen LogP contribution in [0, 0.1) is 5.92 Å². The standard InChI is InChI=1S/C22H28N4O3/c27-21(18-5-9-25(10-6-18)15-16-13-23-24-14-16)26-11-7-17(8-12-26)19-3-1-2-4-20(19)22(28)29/h1-4,13-14,17-18H,5-12,15H2,(H,23,24)(H,28,29). The van der Waals surface area contributed by atoms with Crippen molar-refractivity contribution in [3.63, 3.8) is 0 Å². The van der Waals surface area contributed by atoms with Gasteiger partial charge in [-0.3, -0.25) is 14.8 Å². The Bertz CT molecular complexity index is 836. The molecule has 0 atom stereocenters. The van der Waals surface area contributed by atoms with E-state index in [1.807, 2.05) is 29.4 Å². The summed E-state index contributed by atoms with van der Waals surface area (Å²) in [5, 5.41) is 16.3. The van der Waals surface area contributed by atoms with Crippen LogP contribution in [0.5, 0.6) is 0 Å². The van der Waals surface area contributed by atoms with Crippen molar-refractivity contribution in [1.29, 1.82) is 0 Å². The highest BCUT2D eigenvalue weighted by Crippen LogP contribution is 2.32. The van der Waals surface area contributed by atoms with E-state index in [2.05, 4.69) is 15.1 Å². The van der Waals surface area contributed by atoms with Crippen molar-refractivity contribution in [3.8, 4) is 0 Å². The van der Waals surface area contributed by atoms with Crippen molar-refractivity contribution >= 4 is 11.9 Å². The van der Waals surface area contributed by atoms with Crippen LogP contribution >= 0.6 is 0 Å². The second-order valence-electron chi connectivity index (χ2n) is 8.15. The van der Waals surface area contributed by atoms with Crippen LogP contribution in [0.25, 0.3) is 0 Å². The third kappa shape index (κ3) is 4.50. The lowest BCUT2D eigenvalue weighted by Crippen LogP contribution is -2.45. The van der Waals surface area contributed by atoms with E-state index in [0.29, 0.717) is 18.7 Å². The number of carboxylic acids is 1. The van der Waals surface area contributed by atoms with Gasteiger partial charge in [0, 0.05) is 37.3 Å². The lowest BCUT2D eigenvalue weighted by Gasteiger charge is -2.37. The number of benzene rings is 1. The van der Waals surface area contributed by atoms with E-state index in [4.69, 9.17) is 0 Å². The van der Waals surface area contributed by atoms with Gasteiger partial charge >= 0.3 is 5.97 Å². The van der Waals surface area contributed by atoms with Gasteiger partial charge in [-0.25, -0.2) is 4.79 Å². The van der Waals surface area contributed by atoms with Crippen molar-refractivity contribution in [3.05, 3.63) is 53.3 Å². The van der Waals surface area contributed by atoms with Crippen LogP contribution in [0.3, 0.4) is 0 Å². The number of nitrogens with zero attached hydrogens (tertiary/aromatic N) is 3. The molecule has 0 bridgehead atoms. The molecular formula is C22H28N4O3. The monoisotopic (exact) mass is 396 g/mol. The maximum Gasteiger partial charge on any atom is 0.335 e. The number of aromatic amines is 1. The highest BCUT2D eigenvalue weighted by atomic mass is 16.4. The number of likely N-dealkylation sites (tertiary alicyclic amines) is 2. The number of H-pyrrole nitrogens is 1. The van der Waals surface area contributed by atoms with Gasteiger partial charge in [-0.05, 0) is 56.3 Å². The number of piperidine rings is 2. The maximum absolute atomic E-state index is 13.0. The summed E-state index contributed by atoms with van der Waals surface area (Å²) in [6, 6.07) is 7.26. The normalized spacial score (nSPS) is 19.4. The average molecular weight is 396 g/mol. The largest absolute Gasteiger partial charge is 0.478 e. The molecule has 3 heterocycles. The first kappa shape index (κ1) is 19.6. The summed E-state index contributed by atoms with van der Waals surface area (Å²) < 4.78 is 0. The summed E-state index contributed by atoms with van der Waals surface area (Å²) in [5.74, 6) is -0.277. The Labute approximate surface area is 170 Å². The first-order valence-electron chi connectivity index (χ1n) is 10.4. The van der Waals surface area contributed by atoms with Crippen LogP contribution in [0.1, 0.15) is 53.1 Å². The quantitative estimate of drug-likeness (QED) is 0.811. The fourth-order valence-electron chi connectivity index (χ4n) is 4.68. The van der Waals surface area contributed by atoms with E-state index in [-0.39, 0.29) is 17.7 Å². The Morgan fingerprint density at radius 3 is 2.45 bits per heavy atom. The molecule has 1 aromatic heterocycles. The zero-order chi connectivity index (χ0) is 20.2.